The van der Waals surface area contributed by atoms with E-state index in [2.05, 4.69) is 10.3 Å². The Balaban J connectivity index is 1.75. The Morgan fingerprint density at radius 2 is 1.85 bits per heavy atom. The van der Waals surface area contributed by atoms with E-state index in [9.17, 15) is 26.7 Å². The van der Waals surface area contributed by atoms with Crippen molar-refractivity contribution in [1.29, 1.82) is 0 Å². The van der Waals surface area contributed by atoms with E-state index in [0.29, 0.717) is 15.0 Å². The molecule has 3 aromatic rings. The largest absolute Gasteiger partial charge is 0.435 e. The number of benzene rings is 1. The number of aryl methyl sites for hydroxylation is 1. The lowest BCUT2D eigenvalue weighted by Gasteiger charge is -2.28. The number of para-hydroxylation sites is 1. The summed E-state index contributed by atoms with van der Waals surface area (Å²) in [5, 5.41) is 2.74. The first-order valence-electron chi connectivity index (χ1n) is 10.5. The number of amides is 1. The van der Waals surface area contributed by atoms with Crippen molar-refractivity contribution in [2.75, 3.05) is 5.32 Å². The number of aromatic nitrogens is 2. The van der Waals surface area contributed by atoms with Gasteiger partial charge in [-0.05, 0) is 72.9 Å². The summed E-state index contributed by atoms with van der Waals surface area (Å²) < 4.78 is 70.6. The summed E-state index contributed by atoms with van der Waals surface area (Å²) in [6.07, 6.45) is -5.04. The lowest BCUT2D eigenvalue weighted by molar-refractivity contribution is -0.141. The van der Waals surface area contributed by atoms with Gasteiger partial charge in [0, 0.05) is 27.8 Å². The number of imidazole rings is 1. The molecule has 0 unspecified atom stereocenters. The maximum absolute atomic E-state index is 13.9. The fraction of sp³-hybridized carbons (Fsp3) is 0.391. The summed E-state index contributed by atoms with van der Waals surface area (Å²) in [6, 6.07) is 10.1. The minimum Gasteiger partial charge on any atom is -0.322 e. The van der Waals surface area contributed by atoms with Crippen molar-refractivity contribution in [3.63, 3.8) is 0 Å². The highest BCUT2D eigenvalue weighted by Crippen LogP contribution is 2.40. The van der Waals surface area contributed by atoms with Crippen LogP contribution in [0.1, 0.15) is 53.1 Å². The number of nitrogens with zero attached hydrogens (tertiary/aromatic N) is 2. The molecule has 1 saturated carbocycles. The molecule has 4 nitrogen and oxygen atoms in total. The predicted octanol–water partition coefficient (Wildman–Crippen LogP) is 6.89. The van der Waals surface area contributed by atoms with E-state index in [4.69, 9.17) is 0 Å². The van der Waals surface area contributed by atoms with Crippen molar-refractivity contribution in [3.05, 3.63) is 62.6 Å². The van der Waals surface area contributed by atoms with Crippen LogP contribution >= 0.6 is 22.6 Å². The van der Waals surface area contributed by atoms with Gasteiger partial charge in [-0.3, -0.25) is 9.20 Å². The van der Waals surface area contributed by atoms with E-state index in [1.165, 1.54) is 10.5 Å². The van der Waals surface area contributed by atoms with Crippen LogP contribution in [-0.2, 0) is 12.6 Å². The monoisotopic (exact) mass is 577 g/mol. The van der Waals surface area contributed by atoms with Crippen molar-refractivity contribution in [1.82, 2.24) is 9.38 Å². The van der Waals surface area contributed by atoms with Crippen LogP contribution in [0.4, 0.5) is 27.6 Å². The summed E-state index contributed by atoms with van der Waals surface area (Å²) in [5.41, 5.74) is 0.162. The van der Waals surface area contributed by atoms with Crippen LogP contribution in [-0.4, -0.2) is 21.2 Å². The van der Waals surface area contributed by atoms with Gasteiger partial charge in [-0.25, -0.2) is 13.8 Å². The van der Waals surface area contributed by atoms with Crippen LogP contribution in [0.25, 0.3) is 5.65 Å². The van der Waals surface area contributed by atoms with E-state index in [-0.39, 0.29) is 54.9 Å². The molecule has 1 aromatic carbocycles. The molecule has 0 saturated heterocycles. The maximum atomic E-state index is 13.9. The Hall–Kier alpha value is -2.24. The molecule has 0 spiro atoms. The quantitative estimate of drug-likeness (QED) is 0.272. The number of carbonyl (C=O) groups is 1. The van der Waals surface area contributed by atoms with Gasteiger partial charge in [-0.2, -0.15) is 13.2 Å². The number of hydrogen-bond acceptors (Lipinski definition) is 2. The number of carbonyl (C=O) groups excluding carboxylic acids is 1. The van der Waals surface area contributed by atoms with Gasteiger partial charge in [-0.1, -0.05) is 18.2 Å². The molecule has 10 heteroatoms. The highest BCUT2D eigenvalue weighted by Gasteiger charge is 2.41. The molecule has 1 aliphatic rings. The van der Waals surface area contributed by atoms with E-state index in [1.807, 2.05) is 22.6 Å². The smallest absolute Gasteiger partial charge is 0.322 e. The summed E-state index contributed by atoms with van der Waals surface area (Å²) in [5.74, 6) is -3.50. The molecule has 4 rings (SSSR count). The second kappa shape index (κ2) is 8.84. The molecule has 1 amide bonds. The van der Waals surface area contributed by atoms with Gasteiger partial charge in [0.05, 0.1) is 11.3 Å². The summed E-state index contributed by atoms with van der Waals surface area (Å²) in [7, 11) is 0. The lowest BCUT2D eigenvalue weighted by atomic mass is 9.83. The molecule has 0 bridgehead atoms. The van der Waals surface area contributed by atoms with Crippen molar-refractivity contribution >= 4 is 39.8 Å². The number of hydrogen-bond donors (Lipinski definition) is 1. The van der Waals surface area contributed by atoms with Crippen molar-refractivity contribution in [3.8, 4) is 0 Å². The normalized spacial score (nSPS) is 16.8. The first-order valence-corrected chi connectivity index (χ1v) is 11.6. The van der Waals surface area contributed by atoms with Crippen LogP contribution < -0.4 is 5.32 Å². The number of nitrogens with one attached hydrogen (secondary N) is 1. The third kappa shape index (κ3) is 4.99. The fourth-order valence-corrected chi connectivity index (χ4v) is 4.95. The molecular weight excluding hydrogens is 556 g/mol. The zero-order valence-electron chi connectivity index (χ0n) is 17.6. The van der Waals surface area contributed by atoms with Crippen molar-refractivity contribution in [2.24, 2.45) is 5.92 Å². The predicted molar refractivity (Wildman–Crippen MR) is 123 cm³/mol. The topological polar surface area (TPSA) is 46.4 Å². The lowest BCUT2D eigenvalue weighted by Crippen LogP contribution is -2.26. The van der Waals surface area contributed by atoms with Crippen LogP contribution in [0.5, 0.6) is 0 Å². The number of anilines is 1. The van der Waals surface area contributed by atoms with E-state index < -0.39 is 23.7 Å². The summed E-state index contributed by atoms with van der Waals surface area (Å²) in [4.78, 5) is 16.7. The van der Waals surface area contributed by atoms with Crippen LogP contribution in [0.15, 0.2) is 36.4 Å². The molecule has 1 N–H and O–H groups in total. The molecule has 1 fully saturated rings. The zero-order chi connectivity index (χ0) is 24.0. The Bertz CT molecular complexity index is 1180. The Kier molecular flexibility index (Phi) is 6.41. The van der Waals surface area contributed by atoms with Gasteiger partial charge < -0.3 is 5.32 Å². The van der Waals surface area contributed by atoms with Crippen molar-refractivity contribution < 1.29 is 26.7 Å². The molecule has 2 aromatic heterocycles. The molecule has 33 heavy (non-hydrogen) atoms. The van der Waals surface area contributed by atoms with Gasteiger partial charge in [0.2, 0.25) is 5.92 Å². The first kappa shape index (κ1) is 23.9. The van der Waals surface area contributed by atoms with Crippen LogP contribution in [0, 0.1) is 16.4 Å². The van der Waals surface area contributed by atoms with Gasteiger partial charge in [0.1, 0.15) is 5.65 Å². The standard InChI is InChI=1S/C23H21F5IN3O/c1-13-19(29)16(21(33)30-15-5-3-2-4-6-15)12-18-31-20(23(26,27)28)17(32(13)18)11-14-7-9-22(24,25)10-8-14/h2-6,12,14H,7-11H2,1H3,(H,30,33). The average molecular weight is 577 g/mol. The molecule has 1 aliphatic carbocycles. The Labute approximate surface area is 200 Å². The molecule has 0 aliphatic heterocycles. The Morgan fingerprint density at radius 3 is 2.45 bits per heavy atom. The third-order valence-corrected chi connectivity index (χ3v) is 7.39. The average Bonchev–Trinajstić information content (AvgIpc) is 3.11. The first-order chi connectivity index (χ1) is 15.5. The molecule has 176 valence electrons. The summed E-state index contributed by atoms with van der Waals surface area (Å²) >= 11 is 1.94. The molecule has 0 radical (unpaired) electrons. The fourth-order valence-electron chi connectivity index (χ4n) is 4.31. The molecule has 0 atom stereocenters. The summed E-state index contributed by atoms with van der Waals surface area (Å²) in [6.45, 7) is 1.63. The second-order valence-electron chi connectivity index (χ2n) is 8.38. The van der Waals surface area contributed by atoms with Gasteiger partial charge >= 0.3 is 6.18 Å². The SMILES string of the molecule is Cc1c(I)c(C(=O)Nc2ccccc2)cc2nc(C(F)(F)F)c(CC3CCC(F)(F)CC3)n12. The van der Waals surface area contributed by atoms with E-state index >= 15 is 0 Å². The third-order valence-electron chi connectivity index (χ3n) is 6.03. The van der Waals surface area contributed by atoms with E-state index in [0.717, 1.165) is 0 Å². The number of rotatable bonds is 4. The second-order valence-corrected chi connectivity index (χ2v) is 9.46. The molecule has 2 heterocycles. The van der Waals surface area contributed by atoms with E-state index in [1.54, 1.807) is 37.3 Å². The minimum absolute atomic E-state index is 0.00142. The van der Waals surface area contributed by atoms with Gasteiger partial charge in [-0.15, -0.1) is 0 Å². The minimum atomic E-state index is -4.70. The zero-order valence-corrected chi connectivity index (χ0v) is 19.8. The number of alkyl halides is 5. The molecular formula is C23H21F5IN3O. The number of fused-ring (bicyclic) bond motifs is 1. The van der Waals surface area contributed by atoms with Crippen LogP contribution in [0.3, 0.4) is 0 Å². The number of pyridine rings is 1. The number of halogens is 6. The highest BCUT2D eigenvalue weighted by atomic mass is 127. The van der Waals surface area contributed by atoms with Gasteiger partial charge in [0.15, 0.2) is 5.69 Å². The van der Waals surface area contributed by atoms with Crippen molar-refractivity contribution in [2.45, 2.75) is 51.1 Å². The maximum Gasteiger partial charge on any atom is 0.435 e. The van der Waals surface area contributed by atoms with Gasteiger partial charge in [0.25, 0.3) is 5.91 Å². The highest BCUT2D eigenvalue weighted by molar-refractivity contribution is 14.1. The van der Waals surface area contributed by atoms with Crippen LogP contribution in [0.2, 0.25) is 0 Å². The Morgan fingerprint density at radius 1 is 1.21 bits per heavy atom.